The van der Waals surface area contributed by atoms with Gasteiger partial charge >= 0.3 is 7.12 Å². The van der Waals surface area contributed by atoms with E-state index in [0.29, 0.717) is 17.8 Å². The lowest BCUT2D eigenvalue weighted by molar-refractivity contribution is -0.144. The summed E-state index contributed by atoms with van der Waals surface area (Å²) in [6.45, 7) is 9.44. The maximum Gasteiger partial charge on any atom is 0.475 e. The van der Waals surface area contributed by atoms with Gasteiger partial charge in [0.05, 0.1) is 28.9 Å². The normalized spacial score (nSPS) is 17.9. The third-order valence-corrected chi connectivity index (χ3v) is 6.61. The highest BCUT2D eigenvalue weighted by molar-refractivity contribution is 6.43. The first-order valence-electron chi connectivity index (χ1n) is 12.4. The van der Waals surface area contributed by atoms with Crippen molar-refractivity contribution < 1.29 is 24.5 Å². The number of carbonyl (C=O) groups is 2. The Morgan fingerprint density at radius 1 is 1.22 bits per heavy atom. The molecule has 2 aromatic rings. The largest absolute Gasteiger partial charge is 0.475 e. The van der Waals surface area contributed by atoms with Crippen LogP contribution in [0.3, 0.4) is 0 Å². The monoisotopic (exact) mass is 531 g/mol. The number of amides is 2. The maximum absolute atomic E-state index is 13.5. The molecule has 1 aromatic heterocycles. The van der Waals surface area contributed by atoms with Crippen LogP contribution in [0, 0.1) is 12.8 Å². The quantitative estimate of drug-likeness (QED) is 0.329. The lowest BCUT2D eigenvalue weighted by Gasteiger charge is -2.29. The molecule has 1 aliphatic heterocycles. The van der Waals surface area contributed by atoms with Gasteiger partial charge in [0.1, 0.15) is 5.69 Å². The SMILES string of the molecule is Cc1nn(C(C)C)c(C(=O)NCC2=NOC(Cc3ccccc3)(C(=O)NC(CC(C)C)B(O)O)C2)c1Cl. The van der Waals surface area contributed by atoms with E-state index < -0.39 is 30.5 Å². The number of oxime groups is 1. The molecular weight excluding hydrogens is 497 g/mol. The summed E-state index contributed by atoms with van der Waals surface area (Å²) in [4.78, 5) is 32.2. The Balaban J connectivity index is 1.76. The number of hydrogen-bond acceptors (Lipinski definition) is 7. The first kappa shape index (κ1) is 28.7. The molecule has 12 heteroatoms. The maximum atomic E-state index is 13.5. The van der Waals surface area contributed by atoms with Crippen LogP contribution in [0.2, 0.25) is 5.02 Å². The highest BCUT2D eigenvalue weighted by Crippen LogP contribution is 2.30. The van der Waals surface area contributed by atoms with E-state index in [-0.39, 0.29) is 42.1 Å². The van der Waals surface area contributed by atoms with Crippen LogP contribution < -0.4 is 10.6 Å². The lowest BCUT2D eigenvalue weighted by atomic mass is 9.74. The molecule has 2 heterocycles. The van der Waals surface area contributed by atoms with Crippen LogP contribution in [0.25, 0.3) is 0 Å². The average molecular weight is 532 g/mol. The molecule has 4 N–H and O–H groups in total. The molecule has 0 saturated heterocycles. The molecule has 0 saturated carbocycles. The van der Waals surface area contributed by atoms with Gasteiger partial charge in [-0.25, -0.2) is 0 Å². The summed E-state index contributed by atoms with van der Waals surface area (Å²) in [6.07, 6.45) is 0.695. The molecule has 10 nitrogen and oxygen atoms in total. The van der Waals surface area contributed by atoms with Crippen molar-refractivity contribution in [3.8, 4) is 0 Å². The number of benzene rings is 1. The molecule has 0 aliphatic carbocycles. The molecule has 2 atom stereocenters. The molecule has 3 rings (SSSR count). The fraction of sp³-hybridized carbons (Fsp3) is 0.520. The third kappa shape index (κ3) is 6.91. The topological polar surface area (TPSA) is 138 Å². The van der Waals surface area contributed by atoms with Crippen LogP contribution in [-0.2, 0) is 16.1 Å². The van der Waals surface area contributed by atoms with Crippen molar-refractivity contribution in [1.29, 1.82) is 0 Å². The van der Waals surface area contributed by atoms with Gasteiger partial charge in [-0.05, 0) is 38.7 Å². The second kappa shape index (κ2) is 12.1. The lowest BCUT2D eigenvalue weighted by Crippen LogP contribution is -2.56. The third-order valence-electron chi connectivity index (χ3n) is 6.16. The van der Waals surface area contributed by atoms with Gasteiger partial charge in [0.2, 0.25) is 5.60 Å². The van der Waals surface area contributed by atoms with Gasteiger partial charge in [-0.2, -0.15) is 5.10 Å². The minimum Gasteiger partial charge on any atom is -0.426 e. The van der Waals surface area contributed by atoms with Crippen LogP contribution in [0.4, 0.5) is 0 Å². The molecule has 0 bridgehead atoms. The van der Waals surface area contributed by atoms with Gasteiger partial charge in [0.15, 0.2) is 0 Å². The van der Waals surface area contributed by atoms with Crippen molar-refractivity contribution in [2.75, 3.05) is 6.54 Å². The highest BCUT2D eigenvalue weighted by atomic mass is 35.5. The summed E-state index contributed by atoms with van der Waals surface area (Å²) >= 11 is 6.34. The number of aryl methyl sites for hydroxylation is 1. The number of aromatic nitrogens is 2. The number of carbonyl (C=O) groups excluding carboxylic acids is 2. The molecule has 2 unspecified atom stereocenters. The van der Waals surface area contributed by atoms with Crippen molar-refractivity contribution >= 4 is 36.2 Å². The van der Waals surface area contributed by atoms with E-state index in [4.69, 9.17) is 16.4 Å². The second-order valence-corrected chi connectivity index (χ2v) is 10.6. The van der Waals surface area contributed by atoms with Gasteiger partial charge in [0.25, 0.3) is 11.8 Å². The van der Waals surface area contributed by atoms with Gasteiger partial charge in [-0.15, -0.1) is 0 Å². The van der Waals surface area contributed by atoms with E-state index >= 15 is 0 Å². The number of halogens is 1. The van der Waals surface area contributed by atoms with Crippen molar-refractivity contribution in [2.45, 2.75) is 71.5 Å². The molecular formula is C25H35BClN5O5. The van der Waals surface area contributed by atoms with E-state index in [1.54, 1.807) is 11.6 Å². The molecule has 2 amide bonds. The first-order valence-corrected chi connectivity index (χ1v) is 12.8. The minimum atomic E-state index is -1.72. The number of nitrogens with zero attached hydrogens (tertiary/aromatic N) is 3. The van der Waals surface area contributed by atoms with Crippen molar-refractivity contribution in [3.63, 3.8) is 0 Å². The summed E-state index contributed by atoms with van der Waals surface area (Å²) in [5.74, 6) is -1.66. The Kier molecular flexibility index (Phi) is 9.38. The summed E-state index contributed by atoms with van der Waals surface area (Å²) in [5.41, 5.74) is 0.733. The number of rotatable bonds is 11. The van der Waals surface area contributed by atoms with Gasteiger partial charge in [-0.1, -0.05) is 60.9 Å². The van der Waals surface area contributed by atoms with Crippen LogP contribution in [0.15, 0.2) is 35.5 Å². The smallest absolute Gasteiger partial charge is 0.426 e. The Labute approximate surface area is 222 Å². The molecule has 200 valence electrons. The predicted molar refractivity (Wildman–Crippen MR) is 142 cm³/mol. The van der Waals surface area contributed by atoms with Crippen LogP contribution in [-0.4, -0.2) is 62.6 Å². The Morgan fingerprint density at radius 2 is 1.89 bits per heavy atom. The predicted octanol–water partition coefficient (Wildman–Crippen LogP) is 2.46. The van der Waals surface area contributed by atoms with Crippen molar-refractivity contribution in [2.24, 2.45) is 11.1 Å². The Hall–Kier alpha value is -2.89. The van der Waals surface area contributed by atoms with E-state index in [0.717, 1.165) is 5.56 Å². The van der Waals surface area contributed by atoms with Crippen molar-refractivity contribution in [1.82, 2.24) is 20.4 Å². The minimum absolute atomic E-state index is 0.0410. The summed E-state index contributed by atoms with van der Waals surface area (Å²) in [5, 5.41) is 34.0. The molecule has 37 heavy (non-hydrogen) atoms. The zero-order chi connectivity index (χ0) is 27.3. The van der Waals surface area contributed by atoms with E-state index in [1.165, 1.54) is 0 Å². The molecule has 0 fully saturated rings. The number of hydrogen-bond donors (Lipinski definition) is 4. The average Bonchev–Trinajstić information content (AvgIpc) is 3.39. The fourth-order valence-corrected chi connectivity index (χ4v) is 4.51. The molecule has 0 radical (unpaired) electrons. The second-order valence-electron chi connectivity index (χ2n) is 10.2. The van der Waals surface area contributed by atoms with Gasteiger partial charge in [0, 0.05) is 18.9 Å². The standard InChI is InChI=1S/C25H35BClN5O5/c1-15(2)11-20(26(35)36)29-24(34)25(12-18-9-7-6-8-10-18)13-19(31-37-25)14-28-23(33)22-21(27)17(5)30-32(22)16(3)4/h6-10,15-16,20,35-36H,11-14H2,1-5H3,(H,28,33)(H,29,34). The van der Waals surface area contributed by atoms with Crippen LogP contribution in [0.5, 0.6) is 0 Å². The Morgan fingerprint density at radius 3 is 2.49 bits per heavy atom. The van der Waals surface area contributed by atoms with Crippen LogP contribution in [0.1, 0.15) is 68.3 Å². The zero-order valence-electron chi connectivity index (χ0n) is 21.9. The summed E-state index contributed by atoms with van der Waals surface area (Å²) < 4.78 is 1.57. The van der Waals surface area contributed by atoms with E-state index in [2.05, 4.69) is 20.9 Å². The van der Waals surface area contributed by atoms with Gasteiger partial charge < -0.3 is 25.5 Å². The van der Waals surface area contributed by atoms with Crippen molar-refractivity contribution in [3.05, 3.63) is 52.3 Å². The molecule has 1 aliphatic rings. The highest BCUT2D eigenvalue weighted by Gasteiger charge is 2.48. The van der Waals surface area contributed by atoms with E-state index in [9.17, 15) is 19.6 Å². The first-order chi connectivity index (χ1) is 17.4. The molecule has 0 spiro atoms. The van der Waals surface area contributed by atoms with E-state index in [1.807, 2.05) is 58.0 Å². The Bertz CT molecular complexity index is 1140. The summed E-state index contributed by atoms with van der Waals surface area (Å²) in [7, 11) is -1.72. The van der Waals surface area contributed by atoms with Crippen LogP contribution >= 0.6 is 11.6 Å². The zero-order valence-corrected chi connectivity index (χ0v) is 22.6. The van der Waals surface area contributed by atoms with Gasteiger partial charge in [-0.3, -0.25) is 14.3 Å². The fourth-order valence-electron chi connectivity index (χ4n) is 4.30. The number of nitrogens with one attached hydrogen (secondary N) is 2. The molecule has 1 aromatic carbocycles. The summed E-state index contributed by atoms with van der Waals surface area (Å²) in [6, 6.07) is 9.28.